The minimum atomic E-state index is -0.401. The summed E-state index contributed by atoms with van der Waals surface area (Å²) in [4.78, 5) is 11.6. The molecule has 0 heterocycles. The summed E-state index contributed by atoms with van der Waals surface area (Å²) in [5.74, 6) is 0. The van der Waals surface area contributed by atoms with Crippen molar-refractivity contribution < 1.29 is 14.6 Å². The van der Waals surface area contributed by atoms with E-state index >= 15 is 0 Å². The molecule has 0 aliphatic rings. The van der Waals surface area contributed by atoms with Crippen molar-refractivity contribution in [2.45, 2.75) is 39.5 Å². The lowest BCUT2D eigenvalue weighted by Gasteiger charge is -2.12. The van der Waals surface area contributed by atoms with Gasteiger partial charge in [-0.2, -0.15) is 0 Å². The van der Waals surface area contributed by atoms with Crippen molar-refractivity contribution in [3.8, 4) is 0 Å². The van der Waals surface area contributed by atoms with Gasteiger partial charge < -0.3 is 20.5 Å². The van der Waals surface area contributed by atoms with E-state index < -0.39 is 6.10 Å². The molecule has 0 saturated heterocycles. The fourth-order valence-electron chi connectivity index (χ4n) is 1.72. The molecule has 1 aromatic rings. The van der Waals surface area contributed by atoms with Crippen molar-refractivity contribution in [3.63, 3.8) is 0 Å². The largest absolute Gasteiger partial charge is 0.393 e. The molecule has 1 rings (SSSR count). The molecule has 1 unspecified atom stereocenters. The minimum absolute atomic E-state index is 0.225. The van der Waals surface area contributed by atoms with Gasteiger partial charge in [-0.15, -0.1) is 0 Å². The van der Waals surface area contributed by atoms with Crippen LogP contribution in [0.15, 0.2) is 24.3 Å². The smallest absolute Gasteiger partial charge is 0.315 e. The number of rotatable bonds is 8. The molecule has 0 bridgehead atoms. The van der Waals surface area contributed by atoms with Gasteiger partial charge in [-0.3, -0.25) is 0 Å². The van der Waals surface area contributed by atoms with Crippen molar-refractivity contribution in [1.29, 1.82) is 0 Å². The number of urea groups is 1. The van der Waals surface area contributed by atoms with Crippen LogP contribution in [0.1, 0.15) is 31.4 Å². The number of carbonyl (C=O) groups is 1. The molecule has 0 aliphatic heterocycles. The second-order valence-electron chi connectivity index (χ2n) is 4.65. The Bertz CT molecular complexity index is 408. The molecule has 112 valence electrons. The third-order valence-corrected chi connectivity index (χ3v) is 2.87. The number of hydrogen-bond acceptors (Lipinski definition) is 3. The summed E-state index contributed by atoms with van der Waals surface area (Å²) in [7, 11) is 0. The van der Waals surface area contributed by atoms with E-state index in [0.29, 0.717) is 32.7 Å². The van der Waals surface area contributed by atoms with E-state index in [9.17, 15) is 4.79 Å². The second kappa shape index (κ2) is 9.34. The number of hydrogen-bond donors (Lipinski definition) is 3. The van der Waals surface area contributed by atoms with E-state index in [0.717, 1.165) is 11.1 Å². The molecule has 0 aromatic heterocycles. The summed E-state index contributed by atoms with van der Waals surface area (Å²) in [6, 6.07) is 7.65. The van der Waals surface area contributed by atoms with Gasteiger partial charge in [-0.05, 0) is 31.4 Å². The molecule has 5 heteroatoms. The molecule has 0 saturated carbocycles. The Kier molecular flexibility index (Phi) is 7.69. The zero-order valence-electron chi connectivity index (χ0n) is 12.2. The standard InChI is InChI=1S/C15H24N2O3/c1-3-20-11-14-7-5-4-6-13(14)10-17-15(19)16-9-8-12(2)18/h4-7,12,18H,3,8-11H2,1-2H3,(H2,16,17,19). The van der Waals surface area contributed by atoms with Gasteiger partial charge in [0.2, 0.25) is 0 Å². The fourth-order valence-corrected chi connectivity index (χ4v) is 1.72. The van der Waals surface area contributed by atoms with Gasteiger partial charge in [-0.1, -0.05) is 24.3 Å². The van der Waals surface area contributed by atoms with Crippen molar-refractivity contribution in [1.82, 2.24) is 10.6 Å². The van der Waals surface area contributed by atoms with Crippen LogP contribution in [0.2, 0.25) is 0 Å². The number of aliphatic hydroxyl groups is 1. The lowest BCUT2D eigenvalue weighted by atomic mass is 10.1. The van der Waals surface area contributed by atoms with Crippen LogP contribution in [0.3, 0.4) is 0 Å². The molecule has 20 heavy (non-hydrogen) atoms. The van der Waals surface area contributed by atoms with Crippen LogP contribution < -0.4 is 10.6 Å². The molecule has 1 aromatic carbocycles. The summed E-state index contributed by atoms with van der Waals surface area (Å²) in [6.07, 6.45) is 0.149. The molecular formula is C15H24N2O3. The highest BCUT2D eigenvalue weighted by Crippen LogP contribution is 2.09. The molecular weight excluding hydrogens is 256 g/mol. The van der Waals surface area contributed by atoms with Crippen molar-refractivity contribution in [2.75, 3.05) is 13.2 Å². The van der Waals surface area contributed by atoms with Crippen LogP contribution in [0.4, 0.5) is 4.79 Å². The van der Waals surface area contributed by atoms with Crippen molar-refractivity contribution in [2.24, 2.45) is 0 Å². The molecule has 2 amide bonds. The average Bonchev–Trinajstić information content (AvgIpc) is 2.43. The van der Waals surface area contributed by atoms with E-state index in [1.165, 1.54) is 0 Å². The third-order valence-electron chi connectivity index (χ3n) is 2.87. The highest BCUT2D eigenvalue weighted by Gasteiger charge is 2.05. The van der Waals surface area contributed by atoms with Gasteiger partial charge in [0, 0.05) is 19.7 Å². The number of carbonyl (C=O) groups excluding carboxylic acids is 1. The Morgan fingerprint density at radius 3 is 2.65 bits per heavy atom. The van der Waals surface area contributed by atoms with Gasteiger partial charge in [0.15, 0.2) is 0 Å². The van der Waals surface area contributed by atoms with E-state index in [1.807, 2.05) is 31.2 Å². The maximum Gasteiger partial charge on any atom is 0.315 e. The predicted molar refractivity (Wildman–Crippen MR) is 78.3 cm³/mol. The molecule has 0 spiro atoms. The summed E-state index contributed by atoms with van der Waals surface area (Å²) in [5.41, 5.74) is 2.13. The Hall–Kier alpha value is -1.59. The summed E-state index contributed by atoms with van der Waals surface area (Å²) in [6.45, 7) is 5.80. The van der Waals surface area contributed by atoms with Gasteiger partial charge in [0.05, 0.1) is 12.7 Å². The van der Waals surface area contributed by atoms with Crippen molar-refractivity contribution in [3.05, 3.63) is 35.4 Å². The Balaban J connectivity index is 2.38. The zero-order valence-corrected chi connectivity index (χ0v) is 12.2. The van der Waals surface area contributed by atoms with Gasteiger partial charge >= 0.3 is 6.03 Å². The van der Waals surface area contributed by atoms with E-state index in [2.05, 4.69) is 10.6 Å². The summed E-state index contributed by atoms with van der Waals surface area (Å²) >= 11 is 0. The SMILES string of the molecule is CCOCc1ccccc1CNC(=O)NCCC(C)O. The zero-order chi connectivity index (χ0) is 14.8. The number of amides is 2. The lowest BCUT2D eigenvalue weighted by Crippen LogP contribution is -2.36. The Morgan fingerprint density at radius 1 is 1.30 bits per heavy atom. The predicted octanol–water partition coefficient (Wildman–Crippen LogP) is 1.79. The molecule has 0 aliphatic carbocycles. The topological polar surface area (TPSA) is 70.6 Å². The van der Waals surface area contributed by atoms with Crippen LogP contribution in [-0.2, 0) is 17.9 Å². The normalized spacial score (nSPS) is 11.9. The molecule has 0 radical (unpaired) electrons. The summed E-state index contributed by atoms with van der Waals surface area (Å²) in [5, 5.41) is 14.6. The number of ether oxygens (including phenoxy) is 1. The monoisotopic (exact) mass is 280 g/mol. The highest BCUT2D eigenvalue weighted by molar-refractivity contribution is 5.73. The lowest BCUT2D eigenvalue weighted by molar-refractivity contribution is 0.133. The molecule has 1 atom stereocenters. The second-order valence-corrected chi connectivity index (χ2v) is 4.65. The van der Waals surface area contributed by atoms with Crippen LogP contribution in [0.5, 0.6) is 0 Å². The first kappa shape index (κ1) is 16.5. The molecule has 5 nitrogen and oxygen atoms in total. The molecule has 3 N–H and O–H groups in total. The maximum atomic E-state index is 11.6. The maximum absolute atomic E-state index is 11.6. The van der Waals surface area contributed by atoms with Crippen LogP contribution in [-0.4, -0.2) is 30.4 Å². The summed E-state index contributed by atoms with van der Waals surface area (Å²) < 4.78 is 5.40. The number of benzene rings is 1. The highest BCUT2D eigenvalue weighted by atomic mass is 16.5. The van der Waals surface area contributed by atoms with Gasteiger partial charge in [-0.25, -0.2) is 4.79 Å². The Labute approximate surface area is 120 Å². The minimum Gasteiger partial charge on any atom is -0.393 e. The Morgan fingerprint density at radius 2 is 2.00 bits per heavy atom. The first-order valence-electron chi connectivity index (χ1n) is 6.97. The third kappa shape index (κ3) is 6.54. The first-order valence-corrected chi connectivity index (χ1v) is 6.97. The fraction of sp³-hybridized carbons (Fsp3) is 0.533. The van der Waals surface area contributed by atoms with E-state index in [1.54, 1.807) is 6.92 Å². The number of aliphatic hydroxyl groups excluding tert-OH is 1. The van der Waals surface area contributed by atoms with Crippen LogP contribution >= 0.6 is 0 Å². The van der Waals surface area contributed by atoms with E-state index in [4.69, 9.17) is 9.84 Å². The van der Waals surface area contributed by atoms with Gasteiger partial charge in [0.25, 0.3) is 0 Å². The quantitative estimate of drug-likeness (QED) is 0.680. The van der Waals surface area contributed by atoms with Gasteiger partial charge in [0.1, 0.15) is 0 Å². The van der Waals surface area contributed by atoms with Crippen LogP contribution in [0, 0.1) is 0 Å². The van der Waals surface area contributed by atoms with Crippen LogP contribution in [0.25, 0.3) is 0 Å². The molecule has 0 fully saturated rings. The number of nitrogens with one attached hydrogen (secondary N) is 2. The van der Waals surface area contributed by atoms with Crippen molar-refractivity contribution >= 4 is 6.03 Å². The average molecular weight is 280 g/mol. The van der Waals surface area contributed by atoms with E-state index in [-0.39, 0.29) is 6.03 Å². The first-order chi connectivity index (χ1) is 9.63.